The summed E-state index contributed by atoms with van der Waals surface area (Å²) in [5.41, 5.74) is 12.9. The molecule has 3 nitrogen and oxygen atoms in total. The summed E-state index contributed by atoms with van der Waals surface area (Å²) in [6.45, 7) is 0. The zero-order valence-electron chi connectivity index (χ0n) is 38.3. The van der Waals surface area contributed by atoms with Crippen LogP contribution in [0, 0.1) is 0 Å². The maximum atomic E-state index is 2.51. The van der Waals surface area contributed by atoms with Gasteiger partial charge in [-0.2, -0.15) is 0 Å². The van der Waals surface area contributed by atoms with Crippen LogP contribution in [0.3, 0.4) is 0 Å². The molecule has 14 aromatic rings. The van der Waals surface area contributed by atoms with Crippen molar-refractivity contribution in [3.05, 3.63) is 273 Å². The van der Waals surface area contributed by atoms with E-state index in [2.05, 4.69) is 287 Å². The van der Waals surface area contributed by atoms with E-state index in [1.807, 2.05) is 0 Å². The van der Waals surface area contributed by atoms with Gasteiger partial charge < -0.3 is 13.7 Å². The first-order chi connectivity index (χ1) is 34.8. The van der Waals surface area contributed by atoms with Gasteiger partial charge in [0.2, 0.25) is 0 Å². The van der Waals surface area contributed by atoms with Crippen LogP contribution in [0.25, 0.3) is 93.6 Å². The van der Waals surface area contributed by atoms with Crippen molar-refractivity contribution < 1.29 is 0 Å². The van der Waals surface area contributed by atoms with Gasteiger partial charge in [-0.1, -0.05) is 212 Å². The van der Waals surface area contributed by atoms with E-state index in [0.29, 0.717) is 0 Å². The van der Waals surface area contributed by atoms with Crippen molar-refractivity contribution in [3.63, 3.8) is 0 Å². The van der Waals surface area contributed by atoms with E-state index in [4.69, 9.17) is 0 Å². The van der Waals surface area contributed by atoms with Crippen LogP contribution in [0.15, 0.2) is 273 Å². The fourth-order valence-corrected chi connectivity index (χ4v) is 16.6. The van der Waals surface area contributed by atoms with Gasteiger partial charge in [0.15, 0.2) is 8.07 Å². The minimum atomic E-state index is -2.70. The molecule has 4 heteroatoms. The number of rotatable bonds is 8. The summed E-state index contributed by atoms with van der Waals surface area (Å²) in [6.07, 6.45) is 0. The van der Waals surface area contributed by atoms with Crippen LogP contribution in [-0.2, 0) is 0 Å². The summed E-state index contributed by atoms with van der Waals surface area (Å²) in [7, 11) is -2.70. The highest BCUT2D eigenvalue weighted by Gasteiger charge is 2.41. The van der Waals surface area contributed by atoms with Crippen molar-refractivity contribution in [2.24, 2.45) is 0 Å². The van der Waals surface area contributed by atoms with Crippen molar-refractivity contribution in [2.75, 3.05) is 0 Å². The molecular weight excluding hydrogens is 863 g/mol. The summed E-state index contributed by atoms with van der Waals surface area (Å²) >= 11 is 0. The molecule has 14 rings (SSSR count). The Morgan fingerprint density at radius 2 is 0.643 bits per heavy atom. The Morgan fingerprint density at radius 1 is 0.229 bits per heavy atom. The number of benzene rings is 11. The second-order valence-electron chi connectivity index (χ2n) is 18.4. The first-order valence-corrected chi connectivity index (χ1v) is 26.2. The molecule has 0 radical (unpaired) electrons. The zero-order chi connectivity index (χ0) is 46.2. The molecule has 3 heterocycles. The Labute approximate surface area is 407 Å². The summed E-state index contributed by atoms with van der Waals surface area (Å²) < 4.78 is 7.44. The molecule has 0 bridgehead atoms. The predicted molar refractivity (Wildman–Crippen MR) is 299 cm³/mol. The molecule has 0 saturated heterocycles. The average molecular weight is 908 g/mol. The minimum absolute atomic E-state index is 1.13. The third kappa shape index (κ3) is 6.00. The largest absolute Gasteiger partial charge is 0.309 e. The van der Waals surface area contributed by atoms with E-state index in [1.165, 1.54) is 97.3 Å². The Kier molecular flexibility index (Phi) is 9.23. The molecule has 0 saturated carbocycles. The van der Waals surface area contributed by atoms with Crippen molar-refractivity contribution in [1.29, 1.82) is 0 Å². The van der Waals surface area contributed by atoms with Crippen LogP contribution >= 0.6 is 0 Å². The van der Waals surface area contributed by atoms with E-state index in [0.717, 1.165) is 17.1 Å². The average Bonchev–Trinajstić information content (AvgIpc) is 4.08. The molecule has 0 unspecified atom stereocenters. The smallest absolute Gasteiger partial charge is 0.179 e. The topological polar surface area (TPSA) is 14.8 Å². The second-order valence-corrected chi connectivity index (χ2v) is 22.2. The number of hydrogen-bond acceptors (Lipinski definition) is 0. The first kappa shape index (κ1) is 40.1. The van der Waals surface area contributed by atoms with Crippen LogP contribution in [-0.4, -0.2) is 21.8 Å². The lowest BCUT2D eigenvalue weighted by Crippen LogP contribution is -2.74. The zero-order valence-corrected chi connectivity index (χ0v) is 39.3. The molecule has 0 amide bonds. The Morgan fingerprint density at radius 3 is 1.24 bits per heavy atom. The predicted octanol–water partition coefficient (Wildman–Crippen LogP) is 14.0. The molecule has 0 spiro atoms. The number of fused-ring (bicyclic) bond motifs is 9. The fourth-order valence-electron chi connectivity index (χ4n) is 11.8. The molecule has 0 atom stereocenters. The van der Waals surface area contributed by atoms with Crippen molar-refractivity contribution in [2.45, 2.75) is 0 Å². The Hall–Kier alpha value is -8.96. The molecule has 328 valence electrons. The molecule has 0 aliphatic carbocycles. The van der Waals surface area contributed by atoms with Gasteiger partial charge in [-0.15, -0.1) is 0 Å². The van der Waals surface area contributed by atoms with Crippen LogP contribution in [0.5, 0.6) is 0 Å². The van der Waals surface area contributed by atoms with E-state index in [9.17, 15) is 0 Å². The van der Waals surface area contributed by atoms with E-state index >= 15 is 0 Å². The molecule has 0 N–H and O–H groups in total. The van der Waals surface area contributed by atoms with Gasteiger partial charge in [-0.25, -0.2) is 0 Å². The van der Waals surface area contributed by atoms with Crippen molar-refractivity contribution in [3.8, 4) is 28.2 Å². The van der Waals surface area contributed by atoms with Gasteiger partial charge in [0, 0.05) is 43.7 Å². The number of nitrogens with zero attached hydrogens (tertiary/aromatic N) is 3. The van der Waals surface area contributed by atoms with Gasteiger partial charge in [0.1, 0.15) is 0 Å². The maximum Gasteiger partial charge on any atom is 0.179 e. The summed E-state index contributed by atoms with van der Waals surface area (Å²) in [4.78, 5) is 0. The standard InChI is InChI=1S/C66H45N3Si/c1-5-20-46(21-6-1)47-36-42-56-54-28-13-16-31-59(54)68(64(56)44-47)49-39-43-57-55-29-14-17-32-60(55)69(65(57)45-49)63-35-19-34-62-66(63)58-30-15-18-33-61(58)67(62)48-37-40-53(41-38-48)70(50-22-7-2-8-23-50,51-24-9-3-10-25-51)52-26-11-4-12-27-52/h1-45H. The van der Waals surface area contributed by atoms with Gasteiger partial charge in [-0.3, -0.25) is 0 Å². The molecule has 0 aliphatic heterocycles. The van der Waals surface area contributed by atoms with Gasteiger partial charge in [-0.05, 0) is 92.5 Å². The summed E-state index contributed by atoms with van der Waals surface area (Å²) in [5.74, 6) is 0. The van der Waals surface area contributed by atoms with Gasteiger partial charge in [0.25, 0.3) is 0 Å². The lowest BCUT2D eigenvalue weighted by atomic mass is 10.0. The number of hydrogen-bond donors (Lipinski definition) is 0. The van der Waals surface area contributed by atoms with E-state index < -0.39 is 8.07 Å². The highest BCUT2D eigenvalue weighted by atomic mass is 28.3. The summed E-state index contributed by atoms with van der Waals surface area (Å²) in [5, 5.41) is 12.8. The Balaban J connectivity index is 0.983. The lowest BCUT2D eigenvalue weighted by Gasteiger charge is -2.34. The SMILES string of the molecule is c1ccc(-c2ccc3c4ccccc4n(-c4ccc5c6ccccc6n(-c6cccc7c6c6ccccc6n7-c6ccc([Si](c7ccccc7)(c7ccccc7)c7ccccc7)cc6)c5c4)c3c2)cc1. The minimum Gasteiger partial charge on any atom is -0.309 e. The lowest BCUT2D eigenvalue weighted by molar-refractivity contribution is 1.16. The van der Waals surface area contributed by atoms with Crippen molar-refractivity contribution in [1.82, 2.24) is 13.7 Å². The van der Waals surface area contributed by atoms with E-state index in [-0.39, 0.29) is 0 Å². The Bertz CT molecular complexity index is 4170. The number of aromatic nitrogens is 3. The first-order valence-electron chi connectivity index (χ1n) is 24.2. The molecular formula is C66H45N3Si. The maximum absolute atomic E-state index is 2.70. The van der Waals surface area contributed by atoms with E-state index in [1.54, 1.807) is 0 Å². The highest BCUT2D eigenvalue weighted by Crippen LogP contribution is 2.42. The van der Waals surface area contributed by atoms with Crippen LogP contribution < -0.4 is 20.7 Å². The van der Waals surface area contributed by atoms with Gasteiger partial charge in [0.05, 0.1) is 38.8 Å². The summed E-state index contributed by atoms with van der Waals surface area (Å²) in [6, 6.07) is 101. The van der Waals surface area contributed by atoms with Crippen LogP contribution in [0.1, 0.15) is 0 Å². The molecule has 70 heavy (non-hydrogen) atoms. The molecule has 3 aromatic heterocycles. The quantitative estimate of drug-likeness (QED) is 0.107. The molecule has 0 aliphatic rings. The molecule has 11 aromatic carbocycles. The monoisotopic (exact) mass is 907 g/mol. The van der Waals surface area contributed by atoms with Gasteiger partial charge >= 0.3 is 0 Å². The molecule has 0 fully saturated rings. The second kappa shape index (κ2) is 16.1. The third-order valence-corrected chi connectivity index (χ3v) is 19.6. The fraction of sp³-hybridized carbons (Fsp3) is 0. The third-order valence-electron chi connectivity index (χ3n) is 14.8. The highest BCUT2D eigenvalue weighted by molar-refractivity contribution is 7.19. The van der Waals surface area contributed by atoms with Crippen LogP contribution in [0.2, 0.25) is 0 Å². The van der Waals surface area contributed by atoms with Crippen LogP contribution in [0.4, 0.5) is 0 Å². The number of para-hydroxylation sites is 3. The normalized spacial score (nSPS) is 12.0. The van der Waals surface area contributed by atoms with Crippen molar-refractivity contribution >= 4 is 94.2 Å².